The Bertz CT molecular complexity index is 1270. The minimum Gasteiger partial charge on any atom is -0.369 e. The third kappa shape index (κ3) is 6.41. The summed E-state index contributed by atoms with van der Waals surface area (Å²) < 4.78 is 0. The van der Waals surface area contributed by atoms with Gasteiger partial charge in [-0.25, -0.2) is 0 Å². The van der Waals surface area contributed by atoms with E-state index < -0.39 is 0 Å². The molecule has 48 heavy (non-hydrogen) atoms. The maximum absolute atomic E-state index is 3.25. The second kappa shape index (κ2) is 14.6. The Morgan fingerprint density at radius 3 is 1.98 bits per heavy atom. The van der Waals surface area contributed by atoms with E-state index >= 15 is 0 Å². The van der Waals surface area contributed by atoms with Crippen molar-refractivity contribution in [2.45, 2.75) is 191 Å². The molecule has 0 N–H and O–H groups in total. The Morgan fingerprint density at radius 2 is 1.23 bits per heavy atom. The van der Waals surface area contributed by atoms with Crippen molar-refractivity contribution in [2.24, 2.45) is 35.5 Å². The van der Waals surface area contributed by atoms with Gasteiger partial charge in [0.15, 0.2) is 0 Å². The largest absolute Gasteiger partial charge is 0.369 e. The zero-order valence-corrected chi connectivity index (χ0v) is 30.5. The first-order chi connectivity index (χ1) is 23.8. The lowest BCUT2D eigenvalue weighted by atomic mass is 9.62. The smallest absolute Gasteiger partial charge is 0.0293 e. The highest BCUT2D eigenvalue weighted by Gasteiger charge is 2.56. The maximum Gasteiger partial charge on any atom is 0.0293 e. The van der Waals surface area contributed by atoms with Crippen LogP contribution in [0.1, 0.15) is 161 Å². The van der Waals surface area contributed by atoms with Gasteiger partial charge in [-0.1, -0.05) is 94.2 Å². The van der Waals surface area contributed by atoms with Gasteiger partial charge in [-0.05, 0) is 155 Å². The van der Waals surface area contributed by atoms with E-state index in [0.29, 0.717) is 0 Å². The summed E-state index contributed by atoms with van der Waals surface area (Å²) in [6, 6.07) is 4.15. The van der Waals surface area contributed by atoms with Crippen LogP contribution in [0, 0.1) is 35.5 Å². The Balaban J connectivity index is 0.981. The Labute approximate surface area is 294 Å². The number of hydrogen-bond donors (Lipinski definition) is 0. The van der Waals surface area contributed by atoms with Crippen molar-refractivity contribution in [3.63, 3.8) is 0 Å². The maximum atomic E-state index is 3.25. The monoisotopic (exact) mass is 649 g/mol. The molecule has 9 aliphatic rings. The highest BCUT2D eigenvalue weighted by Crippen LogP contribution is 2.56. The fourth-order valence-electron chi connectivity index (χ4n) is 14.0. The minimum absolute atomic E-state index is 0.774. The molecule has 0 bridgehead atoms. The zero-order valence-electron chi connectivity index (χ0n) is 30.5. The minimum atomic E-state index is 0.774. The first kappa shape index (κ1) is 32.4. The average molecular weight is 649 g/mol. The topological polar surface area (TPSA) is 6.48 Å². The summed E-state index contributed by atoms with van der Waals surface area (Å²) in [6.45, 7) is 0. The Kier molecular flexibility index (Phi) is 9.84. The van der Waals surface area contributed by atoms with Crippen molar-refractivity contribution >= 4 is 0 Å². The number of fused-ring (bicyclic) bond motifs is 4. The van der Waals surface area contributed by atoms with E-state index in [1.165, 1.54) is 135 Å². The molecule has 0 radical (unpaired) electrons. The van der Waals surface area contributed by atoms with E-state index in [-0.39, 0.29) is 0 Å². The first-order valence-electron chi connectivity index (χ1n) is 21.8. The Morgan fingerprint density at radius 1 is 0.500 bits per heavy atom. The summed E-state index contributed by atoms with van der Waals surface area (Å²) in [5.41, 5.74) is 4.98. The van der Waals surface area contributed by atoms with E-state index in [9.17, 15) is 0 Å². The predicted molar refractivity (Wildman–Crippen MR) is 202 cm³/mol. The van der Waals surface area contributed by atoms with Crippen LogP contribution in [0.25, 0.3) is 0 Å². The molecule has 0 amide bonds. The molecule has 6 fully saturated rings. The van der Waals surface area contributed by atoms with Crippen LogP contribution in [-0.4, -0.2) is 40.0 Å². The van der Waals surface area contributed by atoms with Gasteiger partial charge in [-0.2, -0.15) is 0 Å². The standard InChI is InChI=1S/C46H68N2/c1-4-12-33(13-5-1)35-20-24-40(25-21-35)47(41-26-22-36(23-27-41)34-14-6-2-7-15-34)42-28-29-45-44(32-42)43-30-37-16-10-11-17-38(37)31-46(43)48(45)39-18-8-3-9-19-39/h1,3-4,8,12,20,24,34,36-39,41-46H,2,5-7,9-11,13-19,21-23,25-32H2/t36?,37?,38?,39?,41?,42-,43?,44+,45?,46?/m1/s1. The van der Waals surface area contributed by atoms with Crippen molar-refractivity contribution in [3.05, 3.63) is 59.4 Å². The summed E-state index contributed by atoms with van der Waals surface area (Å²) in [5.74, 6) is 6.08. The molecular formula is C46H68N2. The molecular weight excluding hydrogens is 581 g/mol. The number of hydrogen-bond acceptors (Lipinski definition) is 2. The summed E-state index contributed by atoms with van der Waals surface area (Å²) in [5, 5.41) is 0. The van der Waals surface area contributed by atoms with Gasteiger partial charge in [0.25, 0.3) is 0 Å². The first-order valence-corrected chi connectivity index (χ1v) is 21.8. The van der Waals surface area contributed by atoms with Crippen LogP contribution in [0.5, 0.6) is 0 Å². The lowest BCUT2D eigenvalue weighted by Crippen LogP contribution is -2.51. The van der Waals surface area contributed by atoms with Crippen LogP contribution in [0.2, 0.25) is 0 Å². The number of allylic oxidation sites excluding steroid dienone is 9. The molecule has 0 spiro atoms. The van der Waals surface area contributed by atoms with Gasteiger partial charge in [0.1, 0.15) is 0 Å². The molecule has 8 aliphatic carbocycles. The second-order valence-corrected chi connectivity index (χ2v) is 18.5. The van der Waals surface area contributed by atoms with Crippen molar-refractivity contribution in [1.29, 1.82) is 0 Å². The molecule has 0 aromatic rings. The van der Waals surface area contributed by atoms with Gasteiger partial charge in [0, 0.05) is 35.9 Å². The van der Waals surface area contributed by atoms with Crippen LogP contribution in [0.15, 0.2) is 59.4 Å². The van der Waals surface area contributed by atoms with Gasteiger partial charge in [-0.15, -0.1) is 0 Å². The van der Waals surface area contributed by atoms with Crippen LogP contribution >= 0.6 is 0 Å². The lowest BCUT2D eigenvalue weighted by molar-refractivity contribution is 0.0327. The van der Waals surface area contributed by atoms with E-state index in [1.54, 1.807) is 42.5 Å². The SMILES string of the molecule is C1=CCCC(C2=CC=C(N(C3CCC(C4CCCCC4)CC3)[C@@H]3CCC4[C@@H](C3)C3CC5CCCCC5CC3N4C3CC=CCC3)CC2)=C1. The molecule has 8 atom stereocenters. The van der Waals surface area contributed by atoms with Crippen molar-refractivity contribution in [2.75, 3.05) is 0 Å². The van der Waals surface area contributed by atoms with Crippen molar-refractivity contribution < 1.29 is 0 Å². The van der Waals surface area contributed by atoms with Gasteiger partial charge in [0.2, 0.25) is 0 Å². The summed E-state index contributed by atoms with van der Waals surface area (Å²) in [7, 11) is 0. The predicted octanol–water partition coefficient (Wildman–Crippen LogP) is 11.9. The van der Waals surface area contributed by atoms with E-state index in [1.807, 2.05) is 0 Å². The second-order valence-electron chi connectivity index (χ2n) is 18.5. The van der Waals surface area contributed by atoms with Gasteiger partial charge < -0.3 is 4.90 Å². The molecule has 1 aliphatic heterocycles. The van der Waals surface area contributed by atoms with Crippen LogP contribution < -0.4 is 0 Å². The molecule has 5 saturated carbocycles. The fraction of sp³-hybridized carbons (Fsp3) is 0.783. The molecule has 1 saturated heterocycles. The molecule has 9 rings (SSSR count). The number of likely N-dealkylation sites (tertiary alicyclic amines) is 1. The van der Waals surface area contributed by atoms with Crippen LogP contribution in [0.3, 0.4) is 0 Å². The zero-order chi connectivity index (χ0) is 31.9. The molecule has 262 valence electrons. The van der Waals surface area contributed by atoms with E-state index in [0.717, 1.165) is 65.7 Å². The Hall–Kier alpha value is -1.54. The van der Waals surface area contributed by atoms with Gasteiger partial charge in [0.05, 0.1) is 0 Å². The number of rotatable bonds is 6. The summed E-state index contributed by atoms with van der Waals surface area (Å²) >= 11 is 0. The third-order valence-corrected chi connectivity index (χ3v) is 16.2. The van der Waals surface area contributed by atoms with E-state index in [4.69, 9.17) is 0 Å². The molecule has 0 aromatic carbocycles. The van der Waals surface area contributed by atoms with E-state index in [2.05, 4.69) is 52.3 Å². The van der Waals surface area contributed by atoms with Crippen molar-refractivity contribution in [1.82, 2.24) is 9.80 Å². The molecule has 2 heteroatoms. The number of nitrogens with zero attached hydrogens (tertiary/aromatic N) is 2. The molecule has 2 nitrogen and oxygen atoms in total. The van der Waals surface area contributed by atoms with Crippen molar-refractivity contribution in [3.8, 4) is 0 Å². The highest BCUT2D eigenvalue weighted by molar-refractivity contribution is 5.41. The summed E-state index contributed by atoms with van der Waals surface area (Å²) in [6.07, 6.45) is 53.5. The van der Waals surface area contributed by atoms with Crippen LogP contribution in [-0.2, 0) is 0 Å². The quantitative estimate of drug-likeness (QED) is 0.264. The molecule has 6 unspecified atom stereocenters. The van der Waals surface area contributed by atoms with Gasteiger partial charge >= 0.3 is 0 Å². The highest BCUT2D eigenvalue weighted by atomic mass is 15.3. The van der Waals surface area contributed by atoms with Gasteiger partial charge in [-0.3, -0.25) is 4.90 Å². The summed E-state index contributed by atoms with van der Waals surface area (Å²) in [4.78, 5) is 6.42. The third-order valence-electron chi connectivity index (χ3n) is 16.2. The van der Waals surface area contributed by atoms with Crippen LogP contribution in [0.4, 0.5) is 0 Å². The lowest BCUT2D eigenvalue weighted by Gasteiger charge is -2.50. The fourth-order valence-corrected chi connectivity index (χ4v) is 14.0. The molecule has 0 aromatic heterocycles. The normalized spacial score (nSPS) is 42.2. The average Bonchev–Trinajstić information content (AvgIpc) is 3.48. The molecule has 1 heterocycles.